The number of aromatic hydroxyl groups is 2. The third-order valence-electron chi connectivity index (χ3n) is 5.81. The van der Waals surface area contributed by atoms with Gasteiger partial charge in [0.05, 0.1) is 6.04 Å². The molecule has 4 unspecified atom stereocenters. The van der Waals surface area contributed by atoms with Crippen LogP contribution in [0.15, 0.2) is 48.5 Å². The van der Waals surface area contributed by atoms with E-state index in [0.29, 0.717) is 11.1 Å². The number of phenolic OH excluding ortho intramolecular Hbond substituents is 2. The summed E-state index contributed by atoms with van der Waals surface area (Å²) in [6.45, 7) is 0. The standard InChI is InChI=1S/C26H32N4O9S/c27-18(11-14-1-5-16(31)6-2-14)23(35)29-20(12-15-3-7-17(32)8-4-15)25(37)28-19(9-10-22(33)34)24(36)30-21(13-40)26(38)39/h1-8,18-21,31-32,40H,9-13,27H2,(H,28,37)(H,29,35)(H,30,36)(H,33,34)(H,38,39). The highest BCUT2D eigenvalue weighted by Gasteiger charge is 2.30. The Labute approximate surface area is 235 Å². The number of carboxylic acids is 2. The highest BCUT2D eigenvalue weighted by Crippen LogP contribution is 2.13. The first-order chi connectivity index (χ1) is 18.9. The molecule has 0 aliphatic heterocycles. The normalized spacial score (nSPS) is 13.8. The molecule has 0 heterocycles. The topological polar surface area (TPSA) is 228 Å². The zero-order valence-corrected chi connectivity index (χ0v) is 22.2. The molecule has 0 aliphatic rings. The molecule has 0 radical (unpaired) electrons. The lowest BCUT2D eigenvalue weighted by Crippen LogP contribution is -2.58. The van der Waals surface area contributed by atoms with Crippen LogP contribution in [0, 0.1) is 0 Å². The van der Waals surface area contributed by atoms with Crippen LogP contribution in [0.25, 0.3) is 0 Å². The number of hydrogen-bond acceptors (Lipinski definition) is 9. The number of carboxylic acid groups (broad SMARTS) is 2. The summed E-state index contributed by atoms with van der Waals surface area (Å²) < 4.78 is 0. The van der Waals surface area contributed by atoms with Gasteiger partial charge in [-0.3, -0.25) is 19.2 Å². The van der Waals surface area contributed by atoms with Gasteiger partial charge in [0.1, 0.15) is 29.6 Å². The molecule has 4 atom stereocenters. The van der Waals surface area contributed by atoms with Crippen LogP contribution < -0.4 is 21.7 Å². The Morgan fingerprint density at radius 1 is 0.700 bits per heavy atom. The van der Waals surface area contributed by atoms with Gasteiger partial charge in [-0.15, -0.1) is 0 Å². The lowest BCUT2D eigenvalue weighted by Gasteiger charge is -2.25. The van der Waals surface area contributed by atoms with Gasteiger partial charge in [-0.05, 0) is 48.2 Å². The maximum Gasteiger partial charge on any atom is 0.327 e. The van der Waals surface area contributed by atoms with E-state index in [4.69, 9.17) is 10.8 Å². The van der Waals surface area contributed by atoms with Crippen LogP contribution in [-0.4, -0.2) is 80.0 Å². The first-order valence-corrected chi connectivity index (χ1v) is 12.8. The average Bonchev–Trinajstić information content (AvgIpc) is 2.90. The van der Waals surface area contributed by atoms with E-state index in [0.717, 1.165) is 0 Å². The van der Waals surface area contributed by atoms with Crippen LogP contribution in [0.4, 0.5) is 0 Å². The molecule has 2 rings (SSSR count). The van der Waals surface area contributed by atoms with Crippen molar-refractivity contribution in [2.75, 3.05) is 5.75 Å². The van der Waals surface area contributed by atoms with E-state index in [1.807, 2.05) is 0 Å². The quantitative estimate of drug-likeness (QED) is 0.124. The van der Waals surface area contributed by atoms with Gasteiger partial charge in [-0.2, -0.15) is 12.6 Å². The Bertz CT molecular complexity index is 1190. The van der Waals surface area contributed by atoms with Crippen LogP contribution >= 0.6 is 12.6 Å². The van der Waals surface area contributed by atoms with E-state index in [9.17, 15) is 39.3 Å². The number of carbonyl (C=O) groups is 5. The monoisotopic (exact) mass is 576 g/mol. The summed E-state index contributed by atoms with van der Waals surface area (Å²) >= 11 is 3.88. The molecule has 3 amide bonds. The predicted octanol–water partition coefficient (Wildman–Crippen LogP) is -0.456. The van der Waals surface area contributed by atoms with Gasteiger partial charge in [0.25, 0.3) is 0 Å². The number of nitrogens with one attached hydrogen (secondary N) is 3. The molecule has 2 aromatic carbocycles. The van der Waals surface area contributed by atoms with Crippen LogP contribution in [0.2, 0.25) is 0 Å². The molecule has 0 bridgehead atoms. The van der Waals surface area contributed by atoms with Crippen molar-refractivity contribution in [3.63, 3.8) is 0 Å². The number of rotatable bonds is 15. The zero-order chi connectivity index (χ0) is 29.8. The maximum absolute atomic E-state index is 13.3. The van der Waals surface area contributed by atoms with Gasteiger partial charge >= 0.3 is 11.9 Å². The van der Waals surface area contributed by atoms with Crippen molar-refractivity contribution < 1.29 is 44.4 Å². The van der Waals surface area contributed by atoms with Crippen LogP contribution in [0.5, 0.6) is 11.5 Å². The second-order valence-electron chi connectivity index (χ2n) is 8.98. The minimum atomic E-state index is -1.43. The summed E-state index contributed by atoms with van der Waals surface area (Å²) in [4.78, 5) is 61.5. The summed E-state index contributed by atoms with van der Waals surface area (Å²) in [5.41, 5.74) is 7.24. The van der Waals surface area contributed by atoms with Crippen LogP contribution in [0.1, 0.15) is 24.0 Å². The summed E-state index contributed by atoms with van der Waals surface area (Å²) in [7, 11) is 0. The summed E-state index contributed by atoms with van der Waals surface area (Å²) in [6, 6.07) is 6.69. The maximum atomic E-state index is 13.3. The van der Waals surface area contributed by atoms with Gasteiger partial charge in [0, 0.05) is 18.6 Å². The number of nitrogens with two attached hydrogens (primary N) is 1. The molecule has 0 saturated heterocycles. The second-order valence-corrected chi connectivity index (χ2v) is 9.35. The number of phenols is 2. The second kappa shape index (κ2) is 15.3. The van der Waals surface area contributed by atoms with Gasteiger partial charge in [-0.25, -0.2) is 4.79 Å². The summed E-state index contributed by atoms with van der Waals surface area (Å²) in [5, 5.41) is 44.5. The fourth-order valence-corrected chi connectivity index (χ4v) is 3.85. The number of benzene rings is 2. The van der Waals surface area contributed by atoms with Crippen molar-refractivity contribution in [2.24, 2.45) is 5.73 Å². The van der Waals surface area contributed by atoms with Crippen molar-refractivity contribution in [2.45, 2.75) is 49.9 Å². The molecule has 9 N–H and O–H groups in total. The number of hydrogen-bond donors (Lipinski definition) is 9. The minimum absolute atomic E-state index is 0.0210. The highest BCUT2D eigenvalue weighted by atomic mass is 32.1. The highest BCUT2D eigenvalue weighted by molar-refractivity contribution is 7.80. The average molecular weight is 577 g/mol. The third kappa shape index (κ3) is 10.5. The lowest BCUT2D eigenvalue weighted by atomic mass is 10.0. The fourth-order valence-electron chi connectivity index (χ4n) is 3.60. The van der Waals surface area contributed by atoms with Gasteiger partial charge in [0.15, 0.2) is 0 Å². The Morgan fingerprint density at radius 3 is 1.62 bits per heavy atom. The molecular weight excluding hydrogens is 544 g/mol. The third-order valence-corrected chi connectivity index (χ3v) is 6.18. The molecule has 216 valence electrons. The minimum Gasteiger partial charge on any atom is -0.508 e. The zero-order valence-electron chi connectivity index (χ0n) is 21.3. The number of thiol groups is 1. The smallest absolute Gasteiger partial charge is 0.327 e. The van der Waals surface area contributed by atoms with Crippen molar-refractivity contribution in [1.82, 2.24) is 16.0 Å². The molecule has 2 aromatic rings. The SMILES string of the molecule is NC(Cc1ccc(O)cc1)C(=O)NC(Cc1ccc(O)cc1)C(=O)NC(CCC(=O)O)C(=O)NC(CS)C(=O)O. The molecular formula is C26H32N4O9S. The van der Waals surface area contributed by atoms with E-state index in [-0.39, 0.29) is 36.5 Å². The molecule has 13 nitrogen and oxygen atoms in total. The Kier molecular flexibility index (Phi) is 12.2. The van der Waals surface area contributed by atoms with Crippen molar-refractivity contribution in [3.8, 4) is 11.5 Å². The first kappa shape index (κ1) is 31.9. The lowest BCUT2D eigenvalue weighted by molar-refractivity contribution is -0.142. The summed E-state index contributed by atoms with van der Waals surface area (Å²) in [5.74, 6) is -5.32. The van der Waals surface area contributed by atoms with E-state index < -0.39 is 60.2 Å². The van der Waals surface area contributed by atoms with E-state index in [2.05, 4.69) is 28.6 Å². The fraction of sp³-hybridized carbons (Fsp3) is 0.346. The predicted molar refractivity (Wildman–Crippen MR) is 146 cm³/mol. The number of aliphatic carboxylic acids is 2. The van der Waals surface area contributed by atoms with E-state index in [1.54, 1.807) is 12.1 Å². The van der Waals surface area contributed by atoms with Crippen molar-refractivity contribution in [3.05, 3.63) is 59.7 Å². The molecule has 0 spiro atoms. The van der Waals surface area contributed by atoms with Crippen LogP contribution in [0.3, 0.4) is 0 Å². The van der Waals surface area contributed by atoms with Gasteiger partial charge in [0.2, 0.25) is 17.7 Å². The van der Waals surface area contributed by atoms with E-state index >= 15 is 0 Å². The number of amides is 3. The van der Waals surface area contributed by atoms with Crippen LogP contribution in [-0.2, 0) is 36.8 Å². The molecule has 14 heteroatoms. The Hall–Kier alpha value is -4.30. The Morgan fingerprint density at radius 2 is 1.15 bits per heavy atom. The van der Waals surface area contributed by atoms with Gasteiger partial charge in [-0.1, -0.05) is 24.3 Å². The molecule has 0 saturated carbocycles. The van der Waals surface area contributed by atoms with Gasteiger partial charge < -0.3 is 42.1 Å². The van der Waals surface area contributed by atoms with Crippen molar-refractivity contribution >= 4 is 42.3 Å². The largest absolute Gasteiger partial charge is 0.508 e. The molecule has 0 fully saturated rings. The molecule has 0 aromatic heterocycles. The molecule has 40 heavy (non-hydrogen) atoms. The Balaban J connectivity index is 2.24. The van der Waals surface area contributed by atoms with Crippen molar-refractivity contribution in [1.29, 1.82) is 0 Å². The summed E-state index contributed by atoms with van der Waals surface area (Å²) in [6.07, 6.45) is -0.857. The first-order valence-electron chi connectivity index (χ1n) is 12.2. The van der Waals surface area contributed by atoms with E-state index in [1.165, 1.54) is 36.4 Å². The number of carbonyl (C=O) groups excluding carboxylic acids is 3. The molecule has 0 aliphatic carbocycles.